The highest BCUT2D eigenvalue weighted by Gasteiger charge is 2.26. The quantitative estimate of drug-likeness (QED) is 0.847. The average Bonchev–Trinajstić information content (AvgIpc) is 2.70. The van der Waals surface area contributed by atoms with Crippen LogP contribution in [-0.4, -0.2) is 42.9 Å². The molecule has 0 amide bonds. The van der Waals surface area contributed by atoms with E-state index < -0.39 is 9.84 Å². The Morgan fingerprint density at radius 2 is 2.12 bits per heavy atom. The van der Waals surface area contributed by atoms with Crippen molar-refractivity contribution in [2.45, 2.75) is 43.9 Å². The molecule has 6 heteroatoms. The smallest absolute Gasteiger partial charge is 0.157 e. The number of hydrogen-bond donors (Lipinski definition) is 1. The average molecular weight is 276 g/mol. The molecule has 4 nitrogen and oxygen atoms in total. The van der Waals surface area contributed by atoms with E-state index in [2.05, 4.69) is 17.2 Å². The summed E-state index contributed by atoms with van der Waals surface area (Å²) in [5.74, 6) is 0.641. The van der Waals surface area contributed by atoms with Crippen molar-refractivity contribution >= 4 is 26.8 Å². The van der Waals surface area contributed by atoms with Crippen LogP contribution in [0.25, 0.3) is 0 Å². The summed E-state index contributed by atoms with van der Waals surface area (Å²) in [6.45, 7) is 3.10. The van der Waals surface area contributed by atoms with Crippen molar-refractivity contribution in [2.75, 3.05) is 18.1 Å². The maximum absolute atomic E-state index is 11.3. The molecule has 1 saturated heterocycles. The Morgan fingerprint density at radius 1 is 1.41 bits per heavy atom. The summed E-state index contributed by atoms with van der Waals surface area (Å²) in [5.41, 5.74) is 0. The molecule has 0 spiro atoms. The lowest BCUT2D eigenvalue weighted by Gasteiger charge is -2.23. The van der Waals surface area contributed by atoms with Crippen molar-refractivity contribution in [1.29, 1.82) is 0 Å². The van der Waals surface area contributed by atoms with Crippen LogP contribution in [0.5, 0.6) is 0 Å². The van der Waals surface area contributed by atoms with Gasteiger partial charge in [-0.3, -0.25) is 4.99 Å². The number of amidine groups is 1. The lowest BCUT2D eigenvalue weighted by atomic mass is 10.2. The Hall–Kier alpha value is -0.230. The second-order valence-electron chi connectivity index (χ2n) is 4.74. The highest BCUT2D eigenvalue weighted by Crippen LogP contribution is 2.24. The third-order valence-corrected chi connectivity index (χ3v) is 6.11. The third-order valence-electron chi connectivity index (χ3n) is 3.21. The van der Waals surface area contributed by atoms with Gasteiger partial charge in [-0.1, -0.05) is 25.1 Å². The first-order chi connectivity index (χ1) is 8.09. The number of thioether (sulfide) groups is 1. The third kappa shape index (κ3) is 3.88. The molecule has 0 radical (unpaired) electrons. The van der Waals surface area contributed by atoms with Gasteiger partial charge in [0.2, 0.25) is 0 Å². The first-order valence-corrected chi connectivity index (χ1v) is 8.97. The summed E-state index contributed by atoms with van der Waals surface area (Å²) in [7, 11) is -2.76. The summed E-state index contributed by atoms with van der Waals surface area (Å²) in [6, 6.07) is 0.296. The molecular formula is C11H20N2O2S2. The predicted octanol–water partition coefficient (Wildman–Crippen LogP) is 1.42. The molecule has 1 atom stereocenters. The number of nitrogens with one attached hydrogen (secondary N) is 1. The van der Waals surface area contributed by atoms with E-state index in [1.54, 1.807) is 0 Å². The molecule has 2 aliphatic heterocycles. The van der Waals surface area contributed by atoms with E-state index in [1.165, 1.54) is 12.8 Å². The summed E-state index contributed by atoms with van der Waals surface area (Å²) in [5, 5.41) is 5.03. The molecule has 1 unspecified atom stereocenters. The molecule has 98 valence electrons. The Balaban J connectivity index is 1.76. The van der Waals surface area contributed by atoms with Gasteiger partial charge in [0.05, 0.1) is 18.1 Å². The van der Waals surface area contributed by atoms with Crippen LogP contribution >= 0.6 is 11.8 Å². The van der Waals surface area contributed by atoms with Crippen LogP contribution in [0.4, 0.5) is 0 Å². The van der Waals surface area contributed by atoms with Crippen LogP contribution in [0.15, 0.2) is 4.99 Å². The lowest BCUT2D eigenvalue weighted by Crippen LogP contribution is -2.39. The lowest BCUT2D eigenvalue weighted by molar-refractivity contribution is 0.522. The van der Waals surface area contributed by atoms with E-state index in [1.807, 2.05) is 11.8 Å². The summed E-state index contributed by atoms with van der Waals surface area (Å²) < 4.78 is 22.6. The van der Waals surface area contributed by atoms with Crippen molar-refractivity contribution < 1.29 is 8.42 Å². The Labute approximate surface area is 108 Å². The highest BCUT2D eigenvalue weighted by atomic mass is 32.2. The topological polar surface area (TPSA) is 58.5 Å². The van der Waals surface area contributed by atoms with Crippen LogP contribution in [0.2, 0.25) is 0 Å². The van der Waals surface area contributed by atoms with Gasteiger partial charge in [-0.05, 0) is 19.3 Å². The van der Waals surface area contributed by atoms with E-state index in [0.29, 0.717) is 22.8 Å². The first kappa shape index (κ1) is 13.2. The van der Waals surface area contributed by atoms with Crippen molar-refractivity contribution in [3.8, 4) is 0 Å². The number of sulfone groups is 1. The zero-order chi connectivity index (χ0) is 12.3. The monoisotopic (exact) mass is 276 g/mol. The number of hydrogen-bond acceptors (Lipinski definition) is 5. The molecule has 0 aromatic rings. The van der Waals surface area contributed by atoms with Gasteiger partial charge in [0.25, 0.3) is 0 Å². The fraction of sp³-hybridized carbons (Fsp3) is 0.909. The molecule has 0 aromatic carbocycles. The maximum Gasteiger partial charge on any atom is 0.157 e. The van der Waals surface area contributed by atoms with Crippen LogP contribution in [0.1, 0.15) is 32.6 Å². The Bertz CT molecular complexity index is 378. The van der Waals surface area contributed by atoms with E-state index in [4.69, 9.17) is 0 Å². The minimum Gasteiger partial charge on any atom is -0.362 e. The molecule has 0 saturated carbocycles. The number of aliphatic imine (C=N–C) groups is 1. The second-order valence-corrected chi connectivity index (χ2v) is 8.34. The highest BCUT2D eigenvalue weighted by molar-refractivity contribution is 8.14. The predicted molar refractivity (Wildman–Crippen MR) is 73.4 cm³/mol. The zero-order valence-electron chi connectivity index (χ0n) is 10.2. The van der Waals surface area contributed by atoms with Gasteiger partial charge in [-0.15, -0.1) is 0 Å². The summed E-state index contributed by atoms with van der Waals surface area (Å²) in [6.07, 6.45) is 3.85. The molecule has 2 aliphatic rings. The van der Waals surface area contributed by atoms with Gasteiger partial charge < -0.3 is 5.32 Å². The minimum atomic E-state index is -2.76. The van der Waals surface area contributed by atoms with Gasteiger partial charge in [0.15, 0.2) is 5.17 Å². The van der Waals surface area contributed by atoms with Crippen molar-refractivity contribution in [3.05, 3.63) is 0 Å². The van der Waals surface area contributed by atoms with Crippen molar-refractivity contribution in [1.82, 2.24) is 5.32 Å². The normalized spacial score (nSPS) is 29.0. The van der Waals surface area contributed by atoms with Gasteiger partial charge in [-0.2, -0.15) is 0 Å². The molecule has 2 rings (SSSR count). The molecule has 2 heterocycles. The standard InChI is InChI=1S/C11H20N2O2S2/c1-2-3-10-8-12-11(16-10)13-9-4-6-17(14,15)7-5-9/h9-10H,2-8H2,1H3,(H,12,13). The minimum absolute atomic E-state index is 0.296. The number of rotatable bonds is 3. The van der Waals surface area contributed by atoms with Crippen LogP contribution in [0.3, 0.4) is 0 Å². The van der Waals surface area contributed by atoms with E-state index in [-0.39, 0.29) is 0 Å². The molecule has 0 aliphatic carbocycles. The van der Waals surface area contributed by atoms with E-state index >= 15 is 0 Å². The second kappa shape index (κ2) is 5.61. The summed E-state index contributed by atoms with van der Waals surface area (Å²) >= 11 is 1.82. The van der Waals surface area contributed by atoms with Gasteiger partial charge in [0, 0.05) is 11.3 Å². The molecule has 1 N–H and O–H groups in total. The van der Waals surface area contributed by atoms with Gasteiger partial charge >= 0.3 is 0 Å². The largest absolute Gasteiger partial charge is 0.362 e. The van der Waals surface area contributed by atoms with Crippen molar-refractivity contribution in [2.24, 2.45) is 4.99 Å². The Kier molecular flexibility index (Phi) is 4.36. The number of nitrogens with zero attached hydrogens (tertiary/aromatic N) is 1. The van der Waals surface area contributed by atoms with Crippen molar-refractivity contribution in [3.63, 3.8) is 0 Å². The van der Waals surface area contributed by atoms with E-state index in [9.17, 15) is 8.42 Å². The molecule has 0 bridgehead atoms. The molecular weight excluding hydrogens is 256 g/mol. The fourth-order valence-corrected chi connectivity index (χ4v) is 4.87. The first-order valence-electron chi connectivity index (χ1n) is 6.27. The van der Waals surface area contributed by atoms with Crippen LogP contribution in [0, 0.1) is 0 Å². The molecule has 0 aromatic heterocycles. The summed E-state index contributed by atoms with van der Waals surface area (Å²) in [4.78, 5) is 4.49. The van der Waals surface area contributed by atoms with E-state index in [0.717, 1.165) is 24.6 Å². The van der Waals surface area contributed by atoms with Gasteiger partial charge in [0.1, 0.15) is 9.84 Å². The van der Waals surface area contributed by atoms with Crippen LogP contribution in [-0.2, 0) is 9.84 Å². The SMILES string of the molecule is CCCC1CN=C(NC2CCS(=O)(=O)CC2)S1. The zero-order valence-corrected chi connectivity index (χ0v) is 11.8. The molecule has 17 heavy (non-hydrogen) atoms. The van der Waals surface area contributed by atoms with Gasteiger partial charge in [-0.25, -0.2) is 8.42 Å². The molecule has 1 fully saturated rings. The Morgan fingerprint density at radius 3 is 2.76 bits per heavy atom. The maximum atomic E-state index is 11.3. The fourth-order valence-electron chi connectivity index (χ4n) is 2.18. The van der Waals surface area contributed by atoms with Crippen LogP contribution < -0.4 is 5.32 Å².